The Bertz CT molecular complexity index is 1450. The fourth-order valence-electron chi connectivity index (χ4n) is 3.51. The predicted molar refractivity (Wildman–Crippen MR) is 127 cm³/mol. The molecule has 2 aromatic heterocycles. The lowest BCUT2D eigenvalue weighted by molar-refractivity contribution is 0.426. The van der Waals surface area contributed by atoms with E-state index in [1.807, 2.05) is 24.3 Å². The second-order valence-corrected chi connectivity index (χ2v) is 7.89. The number of nitrogens with one attached hydrogen (secondary N) is 2. The van der Waals surface area contributed by atoms with Crippen LogP contribution in [-0.4, -0.2) is 20.2 Å². The van der Waals surface area contributed by atoms with E-state index in [1.54, 1.807) is 48.5 Å². The van der Waals surface area contributed by atoms with Gasteiger partial charge >= 0.3 is 11.5 Å². The summed E-state index contributed by atoms with van der Waals surface area (Å²) in [5.74, 6) is 0.878. The molecule has 0 amide bonds. The van der Waals surface area contributed by atoms with Crippen molar-refractivity contribution in [3.05, 3.63) is 117 Å². The fourth-order valence-corrected chi connectivity index (χ4v) is 3.51. The summed E-state index contributed by atoms with van der Waals surface area (Å²) in [5, 5.41) is 19.3. The molecule has 0 unspecified atom stereocenters. The lowest BCUT2D eigenvalue weighted by Gasteiger charge is -2.09. The van der Waals surface area contributed by atoms with E-state index in [2.05, 4.69) is 9.97 Å². The van der Waals surface area contributed by atoms with Gasteiger partial charge in [-0.15, -0.1) is 0 Å². The van der Waals surface area contributed by atoms with Crippen molar-refractivity contribution in [1.82, 2.24) is 9.97 Å². The third kappa shape index (κ3) is 5.33. The Morgan fingerprint density at radius 2 is 0.861 bits per heavy atom. The van der Waals surface area contributed by atoms with Gasteiger partial charge in [0.15, 0.2) is 11.5 Å². The van der Waals surface area contributed by atoms with Crippen LogP contribution in [-0.2, 0) is 12.8 Å². The van der Waals surface area contributed by atoms with Gasteiger partial charge in [-0.3, -0.25) is 9.97 Å². The number of ether oxygens (including phenoxy) is 2. The Balaban J connectivity index is 1.17. The highest BCUT2D eigenvalue weighted by molar-refractivity contribution is 5.39. The van der Waals surface area contributed by atoms with Gasteiger partial charge in [0.05, 0.1) is 0 Å². The highest BCUT2D eigenvalue weighted by atomic mass is 16.5. The standard InChI is InChI=1S/C26H20N2O8/c29-23-21(35-25(31)27-23)13-15-1-5-17(6-2-15)33-19-9-11-20(12-10-19)34-18-7-3-16(4-8-18)14-22-24(30)28-26(32)36-22/h1-12,29-30H,13-14H2,(H,27,31)(H,28,32). The summed E-state index contributed by atoms with van der Waals surface area (Å²) in [6.45, 7) is 0. The van der Waals surface area contributed by atoms with Crippen LogP contribution in [0, 0.1) is 0 Å². The lowest BCUT2D eigenvalue weighted by atomic mass is 10.1. The molecule has 2 heterocycles. The second kappa shape index (κ2) is 9.63. The summed E-state index contributed by atoms with van der Waals surface area (Å²) in [6.07, 6.45) is 0.533. The minimum absolute atomic E-state index is 0.173. The van der Waals surface area contributed by atoms with Crippen molar-refractivity contribution in [3.8, 4) is 34.8 Å². The van der Waals surface area contributed by atoms with Gasteiger partial charge < -0.3 is 28.5 Å². The Morgan fingerprint density at radius 1 is 0.556 bits per heavy atom. The second-order valence-electron chi connectivity index (χ2n) is 7.89. The van der Waals surface area contributed by atoms with Gasteiger partial charge in [-0.1, -0.05) is 24.3 Å². The molecule has 0 aliphatic rings. The number of aromatic hydroxyl groups is 2. The number of benzene rings is 3. The van der Waals surface area contributed by atoms with Gasteiger partial charge in [-0.25, -0.2) is 9.59 Å². The molecule has 5 aromatic rings. The smallest absolute Gasteiger partial charge is 0.419 e. The molecule has 0 saturated heterocycles. The zero-order valence-corrected chi connectivity index (χ0v) is 18.7. The summed E-state index contributed by atoms with van der Waals surface area (Å²) >= 11 is 0. The zero-order valence-electron chi connectivity index (χ0n) is 18.7. The number of aromatic nitrogens is 2. The minimum Gasteiger partial charge on any atom is -0.492 e. The number of hydrogen-bond donors (Lipinski definition) is 4. The number of H-pyrrole nitrogens is 2. The molecule has 10 heteroatoms. The first-order valence-corrected chi connectivity index (χ1v) is 10.9. The van der Waals surface area contributed by atoms with Gasteiger partial charge in [-0.05, 0) is 59.7 Å². The van der Waals surface area contributed by atoms with Crippen LogP contribution in [0.1, 0.15) is 22.6 Å². The molecule has 0 spiro atoms. The summed E-state index contributed by atoms with van der Waals surface area (Å²) in [5.41, 5.74) is 1.68. The molecule has 0 fully saturated rings. The van der Waals surface area contributed by atoms with Gasteiger partial charge in [0, 0.05) is 12.8 Å². The van der Waals surface area contributed by atoms with Crippen molar-refractivity contribution in [3.63, 3.8) is 0 Å². The summed E-state index contributed by atoms with van der Waals surface area (Å²) < 4.78 is 21.5. The van der Waals surface area contributed by atoms with E-state index in [0.29, 0.717) is 23.0 Å². The Labute approximate surface area is 203 Å². The van der Waals surface area contributed by atoms with Crippen molar-refractivity contribution < 1.29 is 28.5 Å². The average Bonchev–Trinajstić information content (AvgIpc) is 3.35. The number of hydrogen-bond acceptors (Lipinski definition) is 8. The molecule has 0 aliphatic carbocycles. The van der Waals surface area contributed by atoms with Crippen LogP contribution in [0.3, 0.4) is 0 Å². The monoisotopic (exact) mass is 488 g/mol. The van der Waals surface area contributed by atoms with E-state index < -0.39 is 11.5 Å². The van der Waals surface area contributed by atoms with Crippen LogP contribution in [0.15, 0.2) is 91.2 Å². The molecular weight excluding hydrogens is 468 g/mol. The largest absolute Gasteiger partial charge is 0.492 e. The molecular formula is C26H20N2O8. The SMILES string of the molecule is O=c1[nH]c(O)c(Cc2ccc(Oc3ccc(Oc4ccc(Cc5oc(=O)[nH]c5O)cc4)cc3)cc2)o1. The molecule has 0 atom stereocenters. The molecule has 4 N–H and O–H groups in total. The molecule has 182 valence electrons. The van der Waals surface area contributed by atoms with Crippen molar-refractivity contribution in [1.29, 1.82) is 0 Å². The van der Waals surface area contributed by atoms with E-state index in [1.165, 1.54) is 0 Å². The van der Waals surface area contributed by atoms with Crippen molar-refractivity contribution >= 4 is 0 Å². The first kappa shape index (κ1) is 22.7. The number of rotatable bonds is 8. The fraction of sp³-hybridized carbons (Fsp3) is 0.0769. The molecule has 0 saturated carbocycles. The maximum atomic E-state index is 11.1. The number of oxazole rings is 2. The van der Waals surface area contributed by atoms with Crippen LogP contribution in [0.5, 0.6) is 34.8 Å². The Morgan fingerprint density at radius 3 is 1.14 bits per heavy atom. The quantitative estimate of drug-likeness (QED) is 0.250. The van der Waals surface area contributed by atoms with Gasteiger partial charge in [0.2, 0.25) is 11.8 Å². The highest BCUT2D eigenvalue weighted by Crippen LogP contribution is 2.28. The molecule has 0 aliphatic heterocycles. The first-order chi connectivity index (χ1) is 17.4. The van der Waals surface area contributed by atoms with Crippen LogP contribution >= 0.6 is 0 Å². The first-order valence-electron chi connectivity index (χ1n) is 10.9. The van der Waals surface area contributed by atoms with Crippen LogP contribution in [0.4, 0.5) is 0 Å². The van der Waals surface area contributed by atoms with Gasteiger partial charge in [0.1, 0.15) is 23.0 Å². The van der Waals surface area contributed by atoms with Crippen molar-refractivity contribution in [2.24, 2.45) is 0 Å². The van der Waals surface area contributed by atoms with E-state index >= 15 is 0 Å². The molecule has 0 bridgehead atoms. The molecule has 10 nitrogen and oxygen atoms in total. The summed E-state index contributed by atoms with van der Waals surface area (Å²) in [6, 6.07) is 21.5. The van der Waals surface area contributed by atoms with E-state index in [4.69, 9.17) is 18.3 Å². The van der Waals surface area contributed by atoms with Crippen LogP contribution in [0.25, 0.3) is 0 Å². The molecule has 5 rings (SSSR count). The van der Waals surface area contributed by atoms with Gasteiger partial charge in [0.25, 0.3) is 0 Å². The zero-order chi connectivity index (χ0) is 25.1. The van der Waals surface area contributed by atoms with E-state index in [0.717, 1.165) is 11.1 Å². The Hall–Kier alpha value is -5.12. The van der Waals surface area contributed by atoms with Crippen LogP contribution < -0.4 is 21.0 Å². The van der Waals surface area contributed by atoms with Crippen molar-refractivity contribution in [2.75, 3.05) is 0 Å². The third-order valence-electron chi connectivity index (χ3n) is 5.27. The molecule has 3 aromatic carbocycles. The molecule has 36 heavy (non-hydrogen) atoms. The number of aromatic amines is 2. The maximum Gasteiger partial charge on any atom is 0.419 e. The molecule has 0 radical (unpaired) electrons. The highest BCUT2D eigenvalue weighted by Gasteiger charge is 2.11. The van der Waals surface area contributed by atoms with Crippen molar-refractivity contribution in [2.45, 2.75) is 12.8 Å². The summed E-state index contributed by atoms with van der Waals surface area (Å²) in [7, 11) is 0. The van der Waals surface area contributed by atoms with Gasteiger partial charge in [-0.2, -0.15) is 0 Å². The maximum absolute atomic E-state index is 11.1. The lowest BCUT2D eigenvalue weighted by Crippen LogP contribution is -1.93. The van der Waals surface area contributed by atoms with E-state index in [-0.39, 0.29) is 36.1 Å². The average molecular weight is 488 g/mol. The normalized spacial score (nSPS) is 10.9. The summed E-state index contributed by atoms with van der Waals surface area (Å²) in [4.78, 5) is 26.6. The minimum atomic E-state index is -0.697. The predicted octanol–water partition coefficient (Wildman–Crippen LogP) is 4.43. The third-order valence-corrected chi connectivity index (χ3v) is 5.27. The van der Waals surface area contributed by atoms with E-state index in [9.17, 15) is 19.8 Å². The Kier molecular flexibility index (Phi) is 6.06. The van der Waals surface area contributed by atoms with Crippen LogP contribution in [0.2, 0.25) is 0 Å². The topological polar surface area (TPSA) is 151 Å².